The van der Waals surface area contributed by atoms with Crippen LogP contribution in [-0.2, 0) is 0 Å². The van der Waals surface area contributed by atoms with Crippen LogP contribution in [-0.4, -0.2) is 13.7 Å². The average Bonchev–Trinajstić information content (AvgIpc) is 2.28. The molecule has 1 saturated carbocycles. The van der Waals surface area contributed by atoms with Gasteiger partial charge in [-0.1, -0.05) is 18.6 Å². The summed E-state index contributed by atoms with van der Waals surface area (Å²) in [6, 6.07) is 6.88. The van der Waals surface area contributed by atoms with E-state index < -0.39 is 0 Å². The lowest BCUT2D eigenvalue weighted by Crippen LogP contribution is -2.19. The third kappa shape index (κ3) is 3.01. The zero-order chi connectivity index (χ0) is 12.3. The number of nitrogens with one attached hydrogen (secondary N) is 1. The topological polar surface area (TPSA) is 21.3 Å². The van der Waals surface area contributed by atoms with Crippen molar-refractivity contribution < 1.29 is 4.74 Å². The number of benzene rings is 1. The molecule has 1 aromatic carbocycles. The first-order valence-corrected chi connectivity index (χ1v) is 6.61. The summed E-state index contributed by atoms with van der Waals surface area (Å²) in [6.07, 6.45) is 4.06. The van der Waals surface area contributed by atoms with Crippen molar-refractivity contribution >= 4 is 0 Å². The molecule has 2 heteroatoms. The van der Waals surface area contributed by atoms with Crippen LogP contribution in [0.3, 0.4) is 0 Å². The molecule has 2 rings (SSSR count). The van der Waals surface area contributed by atoms with E-state index in [1.165, 1.54) is 30.4 Å². The fourth-order valence-corrected chi connectivity index (χ4v) is 2.14. The lowest BCUT2D eigenvalue weighted by Gasteiger charge is -2.25. The predicted octanol–water partition coefficient (Wildman–Crippen LogP) is 3.45. The molecule has 1 aliphatic carbocycles. The Balaban J connectivity index is 1.97. The van der Waals surface area contributed by atoms with E-state index in [4.69, 9.17) is 4.74 Å². The van der Waals surface area contributed by atoms with Crippen LogP contribution in [0.1, 0.15) is 43.4 Å². The Kier molecular flexibility index (Phi) is 4.06. The average molecular weight is 233 g/mol. The van der Waals surface area contributed by atoms with Crippen LogP contribution in [0.15, 0.2) is 18.2 Å². The molecule has 1 aromatic rings. The van der Waals surface area contributed by atoms with Gasteiger partial charge in [0.05, 0.1) is 6.61 Å². The third-order valence-electron chi connectivity index (χ3n) is 3.83. The summed E-state index contributed by atoms with van der Waals surface area (Å²) in [4.78, 5) is 0. The van der Waals surface area contributed by atoms with E-state index in [9.17, 15) is 0 Å². The van der Waals surface area contributed by atoms with Crippen molar-refractivity contribution in [1.29, 1.82) is 0 Å². The summed E-state index contributed by atoms with van der Waals surface area (Å²) >= 11 is 0. The Morgan fingerprint density at radius 1 is 1.41 bits per heavy atom. The highest BCUT2D eigenvalue weighted by atomic mass is 16.5. The summed E-state index contributed by atoms with van der Waals surface area (Å²) < 4.78 is 5.89. The zero-order valence-electron chi connectivity index (χ0n) is 11.1. The summed E-state index contributed by atoms with van der Waals surface area (Å²) in [7, 11) is 1.99. The maximum Gasteiger partial charge on any atom is 0.122 e. The van der Waals surface area contributed by atoms with Crippen molar-refractivity contribution in [2.75, 3.05) is 13.7 Å². The van der Waals surface area contributed by atoms with Gasteiger partial charge < -0.3 is 10.1 Å². The van der Waals surface area contributed by atoms with Gasteiger partial charge in [0, 0.05) is 6.04 Å². The van der Waals surface area contributed by atoms with E-state index in [0.29, 0.717) is 6.04 Å². The molecule has 1 atom stereocenters. The van der Waals surface area contributed by atoms with E-state index in [1.54, 1.807) is 0 Å². The maximum atomic E-state index is 5.89. The monoisotopic (exact) mass is 233 g/mol. The summed E-state index contributed by atoms with van der Waals surface area (Å²) in [6.45, 7) is 5.19. The van der Waals surface area contributed by atoms with E-state index in [0.717, 1.165) is 18.3 Å². The molecule has 0 aromatic heterocycles. The largest absolute Gasteiger partial charge is 0.493 e. The van der Waals surface area contributed by atoms with E-state index in [1.807, 2.05) is 7.05 Å². The van der Waals surface area contributed by atoms with Crippen LogP contribution in [0.2, 0.25) is 0 Å². The van der Waals surface area contributed by atoms with Crippen LogP contribution in [0.25, 0.3) is 0 Å². The number of hydrogen-bond acceptors (Lipinski definition) is 2. The quantitative estimate of drug-likeness (QED) is 0.841. The first-order chi connectivity index (χ1) is 8.20. The van der Waals surface area contributed by atoms with Gasteiger partial charge in [-0.2, -0.15) is 0 Å². The molecule has 17 heavy (non-hydrogen) atoms. The summed E-state index contributed by atoms with van der Waals surface area (Å²) in [5.74, 6) is 1.84. The highest BCUT2D eigenvalue weighted by Gasteiger charge is 2.18. The second-order valence-corrected chi connectivity index (χ2v) is 5.14. The molecule has 2 nitrogen and oxygen atoms in total. The number of aryl methyl sites for hydroxylation is 1. The van der Waals surface area contributed by atoms with E-state index in [2.05, 4.69) is 37.4 Å². The van der Waals surface area contributed by atoms with Gasteiger partial charge in [0.2, 0.25) is 0 Å². The van der Waals surface area contributed by atoms with Gasteiger partial charge in [0.1, 0.15) is 5.75 Å². The fourth-order valence-electron chi connectivity index (χ4n) is 2.14. The van der Waals surface area contributed by atoms with E-state index >= 15 is 0 Å². The minimum absolute atomic E-state index is 0.398. The zero-order valence-corrected chi connectivity index (χ0v) is 11.1. The summed E-state index contributed by atoms with van der Waals surface area (Å²) in [5.41, 5.74) is 2.56. The van der Waals surface area contributed by atoms with Gasteiger partial charge in [-0.25, -0.2) is 0 Å². The first-order valence-electron chi connectivity index (χ1n) is 6.61. The smallest absolute Gasteiger partial charge is 0.122 e. The Bertz CT molecular complexity index is 371. The molecule has 0 saturated heterocycles. The third-order valence-corrected chi connectivity index (χ3v) is 3.83. The first kappa shape index (κ1) is 12.4. The predicted molar refractivity (Wildman–Crippen MR) is 71.5 cm³/mol. The number of ether oxygens (including phenoxy) is 1. The van der Waals surface area contributed by atoms with Crippen molar-refractivity contribution in [1.82, 2.24) is 5.32 Å². The molecule has 0 radical (unpaired) electrons. The Morgan fingerprint density at radius 2 is 2.18 bits per heavy atom. The van der Waals surface area contributed by atoms with Crippen molar-refractivity contribution in [3.63, 3.8) is 0 Å². The molecule has 0 spiro atoms. The van der Waals surface area contributed by atoms with Gasteiger partial charge in [-0.3, -0.25) is 0 Å². The summed E-state index contributed by atoms with van der Waals surface area (Å²) in [5, 5.41) is 3.26. The van der Waals surface area contributed by atoms with Gasteiger partial charge in [0.25, 0.3) is 0 Å². The van der Waals surface area contributed by atoms with Gasteiger partial charge in [-0.15, -0.1) is 0 Å². The van der Waals surface area contributed by atoms with Crippen molar-refractivity contribution in [3.05, 3.63) is 29.3 Å². The molecular weight excluding hydrogens is 210 g/mol. The van der Waals surface area contributed by atoms with Gasteiger partial charge in [0.15, 0.2) is 0 Å². The van der Waals surface area contributed by atoms with E-state index in [-0.39, 0.29) is 0 Å². The van der Waals surface area contributed by atoms with Crippen LogP contribution in [0, 0.1) is 12.8 Å². The molecule has 0 aliphatic heterocycles. The highest BCUT2D eigenvalue weighted by Crippen LogP contribution is 2.28. The molecule has 1 N–H and O–H groups in total. The number of hydrogen-bond donors (Lipinski definition) is 1. The van der Waals surface area contributed by atoms with Gasteiger partial charge >= 0.3 is 0 Å². The lowest BCUT2D eigenvalue weighted by atomic mass is 9.86. The Hall–Kier alpha value is -1.02. The standard InChI is InChI=1S/C15H23NO/c1-11-9-14(12(2)16-3)7-8-15(11)17-10-13-5-4-6-13/h7-9,12-13,16H,4-6,10H2,1-3H3. The Morgan fingerprint density at radius 3 is 2.71 bits per heavy atom. The fraction of sp³-hybridized carbons (Fsp3) is 0.600. The molecule has 0 heterocycles. The van der Waals surface area contributed by atoms with Crippen molar-refractivity contribution in [2.45, 2.75) is 39.2 Å². The SMILES string of the molecule is CNC(C)c1ccc(OCC2CCC2)c(C)c1. The molecule has 1 unspecified atom stereocenters. The molecule has 0 bridgehead atoms. The maximum absolute atomic E-state index is 5.89. The molecule has 1 aliphatic rings. The van der Waals surface area contributed by atoms with Crippen molar-refractivity contribution in [3.8, 4) is 5.75 Å². The highest BCUT2D eigenvalue weighted by molar-refractivity contribution is 5.37. The number of rotatable bonds is 5. The van der Waals surface area contributed by atoms with Crippen molar-refractivity contribution in [2.24, 2.45) is 5.92 Å². The lowest BCUT2D eigenvalue weighted by molar-refractivity contribution is 0.180. The van der Waals surface area contributed by atoms with Crippen LogP contribution < -0.4 is 10.1 Å². The van der Waals surface area contributed by atoms with Crippen LogP contribution >= 0.6 is 0 Å². The molecular formula is C15H23NO. The Labute approximate surface area is 104 Å². The van der Waals surface area contributed by atoms with Crippen LogP contribution in [0.5, 0.6) is 5.75 Å². The van der Waals surface area contributed by atoms with Crippen LogP contribution in [0.4, 0.5) is 0 Å². The normalized spacial score (nSPS) is 17.6. The second-order valence-electron chi connectivity index (χ2n) is 5.14. The minimum Gasteiger partial charge on any atom is -0.493 e. The second kappa shape index (κ2) is 5.54. The minimum atomic E-state index is 0.398. The molecule has 94 valence electrons. The molecule has 1 fully saturated rings. The van der Waals surface area contributed by atoms with Gasteiger partial charge in [-0.05, 0) is 56.8 Å². The molecule has 0 amide bonds.